The number of ether oxygens (including phenoxy) is 2. The number of thiophene rings is 1. The Kier molecular flexibility index (Phi) is 8.41. The number of aliphatic hydroxyl groups is 1. The van der Waals surface area contributed by atoms with Crippen LogP contribution in [-0.2, 0) is 18.0 Å². The van der Waals surface area contributed by atoms with Gasteiger partial charge in [0.25, 0.3) is 0 Å². The Morgan fingerprint density at radius 1 is 1.17 bits per heavy atom. The quantitative estimate of drug-likeness (QED) is 0.268. The molecule has 4 aromatic rings. The molecule has 2 aromatic heterocycles. The van der Waals surface area contributed by atoms with Gasteiger partial charge in [0, 0.05) is 60.0 Å². The first-order chi connectivity index (χ1) is 22.3. The number of nitrogens with zero attached hydrogens (tertiary/aromatic N) is 6. The van der Waals surface area contributed by atoms with Gasteiger partial charge >= 0.3 is 6.01 Å². The Morgan fingerprint density at radius 2 is 2.00 bits per heavy atom. The Hall–Kier alpha value is -3.67. The molecule has 5 heterocycles. The molecule has 10 nitrogen and oxygen atoms in total. The van der Waals surface area contributed by atoms with Crippen LogP contribution in [0.15, 0.2) is 12.1 Å². The molecule has 242 valence electrons. The highest BCUT2D eigenvalue weighted by Crippen LogP contribution is 2.48. The number of halogens is 2. The molecule has 3 aliphatic heterocycles. The lowest BCUT2D eigenvalue weighted by atomic mass is 9.90. The van der Waals surface area contributed by atoms with Crippen LogP contribution in [0.3, 0.4) is 0 Å². The van der Waals surface area contributed by atoms with Crippen molar-refractivity contribution in [3.05, 3.63) is 40.5 Å². The average molecular weight is 650 g/mol. The van der Waals surface area contributed by atoms with E-state index in [9.17, 15) is 10.4 Å². The third-order valence-corrected chi connectivity index (χ3v) is 10.4. The molecule has 3 N–H and O–H groups in total. The molecule has 7 rings (SSSR count). The lowest BCUT2D eigenvalue weighted by Gasteiger charge is -2.33. The summed E-state index contributed by atoms with van der Waals surface area (Å²) in [5, 5.41) is 20.5. The number of aromatic nitrogens is 2. The van der Waals surface area contributed by atoms with Crippen LogP contribution in [0.4, 0.5) is 19.6 Å². The van der Waals surface area contributed by atoms with E-state index in [4.69, 9.17) is 20.2 Å². The number of fused-ring (bicyclic) bond motifs is 6. The normalized spacial score (nSPS) is 19.7. The van der Waals surface area contributed by atoms with Crippen molar-refractivity contribution in [1.82, 2.24) is 19.8 Å². The molecule has 0 spiro atoms. The molecule has 0 radical (unpaired) electrons. The molecular formula is C33H37F2N7O3S. The van der Waals surface area contributed by atoms with E-state index >= 15 is 8.78 Å². The van der Waals surface area contributed by atoms with Crippen LogP contribution in [0.5, 0.6) is 6.01 Å². The predicted molar refractivity (Wildman–Crippen MR) is 174 cm³/mol. The fourth-order valence-corrected chi connectivity index (χ4v) is 8.22. The van der Waals surface area contributed by atoms with Crippen LogP contribution in [0, 0.1) is 28.9 Å². The highest BCUT2D eigenvalue weighted by molar-refractivity contribution is 7.23. The summed E-state index contributed by atoms with van der Waals surface area (Å²) in [5.41, 5.74) is 7.61. The van der Waals surface area contributed by atoms with E-state index in [1.165, 1.54) is 17.4 Å². The zero-order chi connectivity index (χ0) is 32.1. The van der Waals surface area contributed by atoms with Crippen molar-refractivity contribution in [2.45, 2.75) is 38.5 Å². The van der Waals surface area contributed by atoms with E-state index in [0.717, 1.165) is 44.6 Å². The summed E-state index contributed by atoms with van der Waals surface area (Å²) >= 11 is 1.17. The molecule has 2 unspecified atom stereocenters. The number of benzene rings is 2. The van der Waals surface area contributed by atoms with Crippen molar-refractivity contribution in [2.24, 2.45) is 5.92 Å². The van der Waals surface area contributed by atoms with Crippen LogP contribution in [0.1, 0.15) is 36.0 Å². The molecule has 0 aliphatic carbocycles. The van der Waals surface area contributed by atoms with Crippen molar-refractivity contribution in [1.29, 1.82) is 5.26 Å². The molecule has 0 saturated carbocycles. The Morgan fingerprint density at radius 3 is 2.78 bits per heavy atom. The van der Waals surface area contributed by atoms with Gasteiger partial charge in [-0.25, -0.2) is 8.78 Å². The molecule has 0 amide bonds. The Labute approximate surface area is 269 Å². The number of hydrogen-bond donors (Lipinski definition) is 2. The highest BCUT2D eigenvalue weighted by Gasteiger charge is 2.40. The van der Waals surface area contributed by atoms with Crippen LogP contribution in [0.2, 0.25) is 0 Å². The molecule has 2 atom stereocenters. The van der Waals surface area contributed by atoms with Gasteiger partial charge in [0.15, 0.2) is 5.82 Å². The number of nitriles is 1. The Balaban J connectivity index is 1.45. The van der Waals surface area contributed by atoms with Crippen molar-refractivity contribution in [3.63, 3.8) is 0 Å². The van der Waals surface area contributed by atoms with Crippen LogP contribution in [-0.4, -0.2) is 90.9 Å². The number of hydrogen-bond acceptors (Lipinski definition) is 11. The van der Waals surface area contributed by atoms with Gasteiger partial charge in [0.1, 0.15) is 34.8 Å². The van der Waals surface area contributed by atoms with Gasteiger partial charge in [-0.1, -0.05) is 0 Å². The second-order valence-corrected chi connectivity index (χ2v) is 13.8. The highest BCUT2D eigenvalue weighted by atomic mass is 32.1. The van der Waals surface area contributed by atoms with Crippen molar-refractivity contribution < 1.29 is 23.4 Å². The molecule has 2 saturated heterocycles. The van der Waals surface area contributed by atoms with Crippen LogP contribution >= 0.6 is 11.3 Å². The monoisotopic (exact) mass is 649 g/mol. The number of nitrogen functional groups attached to an aromatic ring is 1. The topological polar surface area (TPSA) is 124 Å². The molecular weight excluding hydrogens is 612 g/mol. The van der Waals surface area contributed by atoms with Crippen molar-refractivity contribution >= 4 is 43.1 Å². The van der Waals surface area contributed by atoms with E-state index in [-0.39, 0.29) is 59.1 Å². The second-order valence-electron chi connectivity index (χ2n) is 12.7. The SMILES string of the molecule is CN(C)CCOc1nc(N2CC3CCN(CCCO)CC2C3)c2c3c(c(-c4c(F)ccc5sc(N)c(C#N)c45)c(F)c2n1)COC3. The number of aliphatic hydroxyl groups excluding tert-OH is 1. The summed E-state index contributed by atoms with van der Waals surface area (Å²) in [4.78, 5) is 16.2. The number of rotatable bonds is 9. The molecule has 3 aliphatic rings. The first-order valence-electron chi connectivity index (χ1n) is 15.7. The van der Waals surface area contributed by atoms with Crippen molar-refractivity contribution in [3.8, 4) is 23.2 Å². The van der Waals surface area contributed by atoms with Gasteiger partial charge in [-0.15, -0.1) is 11.3 Å². The minimum Gasteiger partial charge on any atom is -0.462 e. The summed E-state index contributed by atoms with van der Waals surface area (Å²) in [5.74, 6) is -0.312. The van der Waals surface area contributed by atoms with Gasteiger partial charge in [-0.2, -0.15) is 15.2 Å². The number of likely N-dealkylation sites (N-methyl/N-ethyl adjacent to an activating group) is 1. The Bertz CT molecular complexity index is 1860. The largest absolute Gasteiger partial charge is 0.462 e. The maximum Gasteiger partial charge on any atom is 0.319 e. The summed E-state index contributed by atoms with van der Waals surface area (Å²) in [7, 11) is 3.87. The minimum atomic E-state index is -0.704. The number of likely N-dealkylation sites (tertiary alicyclic amines) is 1. The van der Waals surface area contributed by atoms with E-state index < -0.39 is 11.6 Å². The zero-order valence-electron chi connectivity index (χ0n) is 26.0. The van der Waals surface area contributed by atoms with E-state index in [1.807, 2.05) is 19.0 Å². The van der Waals surface area contributed by atoms with Gasteiger partial charge < -0.3 is 35.0 Å². The van der Waals surface area contributed by atoms with Gasteiger partial charge in [0.2, 0.25) is 0 Å². The molecule has 13 heteroatoms. The first kappa shape index (κ1) is 31.0. The summed E-state index contributed by atoms with van der Waals surface area (Å²) in [6, 6.07) is 5.15. The molecule has 46 heavy (non-hydrogen) atoms. The fraction of sp³-hybridized carbons (Fsp3) is 0.485. The summed E-state index contributed by atoms with van der Waals surface area (Å²) in [6.07, 6.45) is 2.73. The lowest BCUT2D eigenvalue weighted by molar-refractivity contribution is 0.135. The summed E-state index contributed by atoms with van der Waals surface area (Å²) in [6.45, 7) is 4.70. The molecule has 2 aromatic carbocycles. The number of nitrogens with two attached hydrogens (primary N) is 1. The van der Waals surface area contributed by atoms with E-state index in [0.29, 0.717) is 52.3 Å². The molecule has 2 bridgehead atoms. The first-order valence-corrected chi connectivity index (χ1v) is 16.5. The van der Waals surface area contributed by atoms with Gasteiger partial charge in [-0.3, -0.25) is 0 Å². The predicted octanol–water partition coefficient (Wildman–Crippen LogP) is 4.50. The minimum absolute atomic E-state index is 0.00793. The number of anilines is 2. The zero-order valence-corrected chi connectivity index (χ0v) is 26.8. The van der Waals surface area contributed by atoms with Crippen LogP contribution in [0.25, 0.3) is 32.1 Å². The van der Waals surface area contributed by atoms with Crippen molar-refractivity contribution in [2.75, 3.05) is 70.7 Å². The summed E-state index contributed by atoms with van der Waals surface area (Å²) < 4.78 is 45.7. The average Bonchev–Trinajstić information content (AvgIpc) is 3.71. The second kappa shape index (κ2) is 12.5. The van der Waals surface area contributed by atoms with Gasteiger partial charge in [-0.05, 0) is 69.1 Å². The smallest absolute Gasteiger partial charge is 0.319 e. The molecule has 2 fully saturated rings. The standard InChI is InChI=1S/C33H37F2N7O3S/c1-40(2)9-11-45-33-38-30-27(32(39-33)42-14-18-6-8-41(7-3-10-43)15-19(42)12-18)22-17-44-16-21(22)26(29(30)35)28-23(34)4-5-24-25(28)20(13-36)31(37)46-24/h4-5,18-19,43H,3,6-12,14-17,37H2,1-2H3. The third-order valence-electron chi connectivity index (χ3n) is 9.45. The maximum atomic E-state index is 17.3. The maximum absolute atomic E-state index is 17.3. The van der Waals surface area contributed by atoms with Crippen LogP contribution < -0.4 is 15.4 Å². The van der Waals surface area contributed by atoms with E-state index in [1.54, 1.807) is 6.07 Å². The lowest BCUT2D eigenvalue weighted by Crippen LogP contribution is -2.42. The fourth-order valence-electron chi connectivity index (χ4n) is 7.29. The van der Waals surface area contributed by atoms with E-state index in [2.05, 4.69) is 20.9 Å². The third kappa shape index (κ3) is 5.32. The van der Waals surface area contributed by atoms with Gasteiger partial charge in [0.05, 0.1) is 24.2 Å².